The predicted octanol–water partition coefficient (Wildman–Crippen LogP) is 3.60. The Balaban J connectivity index is 1.38. The van der Waals surface area contributed by atoms with E-state index >= 15 is 0 Å². The number of likely N-dealkylation sites (tertiary alicyclic amines) is 2. The molecule has 0 N–H and O–H groups in total. The van der Waals surface area contributed by atoms with Crippen molar-refractivity contribution in [3.05, 3.63) is 77.9 Å². The number of aromatic nitrogens is 2. The highest BCUT2D eigenvalue weighted by atomic mass is 19.1. The normalized spacial score (nSPS) is 23.7. The van der Waals surface area contributed by atoms with Crippen molar-refractivity contribution in [1.29, 1.82) is 0 Å². The van der Waals surface area contributed by atoms with E-state index < -0.39 is 0 Å². The largest absolute Gasteiger partial charge is 0.337 e. The quantitative estimate of drug-likeness (QED) is 0.670. The SMILES string of the molecule is CN1C[C@H]2CN(C(=O)c3cnc(-c4ccccc4)n3C)C[C@H]2[C@@H]1c1cccc(F)c1. The van der Waals surface area contributed by atoms with Crippen LogP contribution in [0.5, 0.6) is 0 Å². The number of rotatable bonds is 3. The fourth-order valence-corrected chi connectivity index (χ4v) is 5.24. The van der Waals surface area contributed by atoms with Gasteiger partial charge in [-0.05, 0) is 30.7 Å². The summed E-state index contributed by atoms with van der Waals surface area (Å²) in [6.45, 7) is 2.32. The molecule has 3 atom stereocenters. The van der Waals surface area contributed by atoms with Gasteiger partial charge in [0.15, 0.2) is 0 Å². The average molecular weight is 404 g/mol. The van der Waals surface area contributed by atoms with Crippen molar-refractivity contribution in [1.82, 2.24) is 19.4 Å². The van der Waals surface area contributed by atoms with Gasteiger partial charge in [-0.3, -0.25) is 9.69 Å². The van der Waals surface area contributed by atoms with Crippen molar-refractivity contribution >= 4 is 5.91 Å². The van der Waals surface area contributed by atoms with Gasteiger partial charge >= 0.3 is 0 Å². The van der Waals surface area contributed by atoms with Gasteiger partial charge in [0.1, 0.15) is 17.3 Å². The molecule has 5 rings (SSSR count). The van der Waals surface area contributed by atoms with E-state index in [4.69, 9.17) is 0 Å². The summed E-state index contributed by atoms with van der Waals surface area (Å²) < 4.78 is 15.7. The molecular formula is C24H25FN4O. The second kappa shape index (κ2) is 7.36. The van der Waals surface area contributed by atoms with Crippen LogP contribution < -0.4 is 0 Å². The average Bonchev–Trinajstić information content (AvgIpc) is 3.40. The van der Waals surface area contributed by atoms with E-state index in [-0.39, 0.29) is 17.8 Å². The molecule has 2 saturated heterocycles. The molecule has 2 fully saturated rings. The molecule has 0 unspecified atom stereocenters. The van der Waals surface area contributed by atoms with Crippen molar-refractivity contribution in [2.75, 3.05) is 26.7 Å². The van der Waals surface area contributed by atoms with Crippen LogP contribution in [0.3, 0.4) is 0 Å². The molecule has 5 nitrogen and oxygen atoms in total. The van der Waals surface area contributed by atoms with Crippen LogP contribution >= 0.6 is 0 Å². The zero-order chi connectivity index (χ0) is 20.8. The molecule has 0 radical (unpaired) electrons. The Kier molecular flexibility index (Phi) is 4.66. The van der Waals surface area contributed by atoms with Gasteiger partial charge in [0.2, 0.25) is 0 Å². The van der Waals surface area contributed by atoms with Gasteiger partial charge in [0.05, 0.1) is 6.20 Å². The predicted molar refractivity (Wildman–Crippen MR) is 113 cm³/mol. The zero-order valence-electron chi connectivity index (χ0n) is 17.2. The molecule has 3 aromatic rings. The first-order valence-corrected chi connectivity index (χ1v) is 10.3. The smallest absolute Gasteiger partial charge is 0.272 e. The molecule has 0 spiro atoms. The molecule has 2 aromatic carbocycles. The second-order valence-electron chi connectivity index (χ2n) is 8.47. The topological polar surface area (TPSA) is 41.4 Å². The maximum Gasteiger partial charge on any atom is 0.272 e. The summed E-state index contributed by atoms with van der Waals surface area (Å²) >= 11 is 0. The fraction of sp³-hybridized carbons (Fsp3) is 0.333. The molecule has 154 valence electrons. The first kappa shape index (κ1) is 19.0. The van der Waals surface area contributed by atoms with Crippen LogP contribution in [0.2, 0.25) is 0 Å². The number of halogens is 1. The summed E-state index contributed by atoms with van der Waals surface area (Å²) in [4.78, 5) is 22.1. The first-order valence-electron chi connectivity index (χ1n) is 10.3. The molecule has 6 heteroatoms. The van der Waals surface area contributed by atoms with Gasteiger partial charge in [0, 0.05) is 44.2 Å². The van der Waals surface area contributed by atoms with E-state index in [0.29, 0.717) is 24.1 Å². The van der Waals surface area contributed by atoms with E-state index in [1.54, 1.807) is 18.3 Å². The first-order chi connectivity index (χ1) is 14.5. The van der Waals surface area contributed by atoms with Gasteiger partial charge in [-0.2, -0.15) is 0 Å². The lowest BCUT2D eigenvalue weighted by atomic mass is 9.89. The second-order valence-corrected chi connectivity index (χ2v) is 8.47. The minimum Gasteiger partial charge on any atom is -0.337 e. The van der Waals surface area contributed by atoms with Gasteiger partial charge < -0.3 is 9.47 Å². The number of hydrogen-bond acceptors (Lipinski definition) is 3. The maximum atomic E-state index is 13.8. The van der Waals surface area contributed by atoms with Crippen LogP contribution in [0.4, 0.5) is 4.39 Å². The third-order valence-electron chi connectivity index (χ3n) is 6.61. The standard InChI is InChI=1S/C24H25FN4O/c1-27-13-18-14-29(15-20(18)22(27)17-9-6-10-19(25)11-17)24(30)21-12-26-23(28(21)2)16-7-4-3-5-8-16/h3-12,18,20,22H,13-15H2,1-2H3/t18-,20+,22-/m0/s1. The summed E-state index contributed by atoms with van der Waals surface area (Å²) in [6.07, 6.45) is 1.68. The minimum atomic E-state index is -0.210. The van der Waals surface area contributed by atoms with Crippen LogP contribution in [0, 0.1) is 17.7 Å². The Bertz CT molecular complexity index is 1080. The molecule has 0 aliphatic carbocycles. The van der Waals surface area contributed by atoms with Gasteiger partial charge in [-0.15, -0.1) is 0 Å². The molecule has 1 amide bonds. The molecule has 1 aromatic heterocycles. The number of fused-ring (bicyclic) bond motifs is 1. The highest BCUT2D eigenvalue weighted by molar-refractivity contribution is 5.93. The molecule has 2 aliphatic heterocycles. The number of imidazole rings is 1. The fourth-order valence-electron chi connectivity index (χ4n) is 5.24. The number of carbonyl (C=O) groups is 1. The molecular weight excluding hydrogens is 379 g/mol. The zero-order valence-corrected chi connectivity index (χ0v) is 17.2. The van der Waals surface area contributed by atoms with Crippen LogP contribution in [-0.4, -0.2) is 51.9 Å². The van der Waals surface area contributed by atoms with Crippen molar-refractivity contribution in [2.24, 2.45) is 18.9 Å². The van der Waals surface area contributed by atoms with Gasteiger partial charge in [0.25, 0.3) is 5.91 Å². The number of carbonyl (C=O) groups excluding carboxylic acids is 1. The lowest BCUT2D eigenvalue weighted by Gasteiger charge is -2.27. The van der Waals surface area contributed by atoms with Crippen LogP contribution in [-0.2, 0) is 7.05 Å². The summed E-state index contributed by atoms with van der Waals surface area (Å²) in [5, 5.41) is 0. The van der Waals surface area contributed by atoms with E-state index in [1.807, 2.05) is 52.9 Å². The molecule has 30 heavy (non-hydrogen) atoms. The van der Waals surface area contributed by atoms with Crippen LogP contribution in [0.25, 0.3) is 11.4 Å². The van der Waals surface area contributed by atoms with E-state index in [2.05, 4.69) is 16.9 Å². The molecule has 2 aliphatic rings. The van der Waals surface area contributed by atoms with Crippen molar-refractivity contribution in [2.45, 2.75) is 6.04 Å². The van der Waals surface area contributed by atoms with Crippen molar-refractivity contribution in [3.8, 4) is 11.4 Å². The summed E-state index contributed by atoms with van der Waals surface area (Å²) in [7, 11) is 3.98. The van der Waals surface area contributed by atoms with E-state index in [0.717, 1.165) is 30.0 Å². The third kappa shape index (κ3) is 3.12. The van der Waals surface area contributed by atoms with E-state index in [1.165, 1.54) is 6.07 Å². The number of amides is 1. The Morgan fingerprint density at radius 3 is 2.60 bits per heavy atom. The Morgan fingerprint density at radius 2 is 1.83 bits per heavy atom. The molecule has 3 heterocycles. The monoisotopic (exact) mass is 404 g/mol. The van der Waals surface area contributed by atoms with Crippen molar-refractivity contribution < 1.29 is 9.18 Å². The third-order valence-corrected chi connectivity index (χ3v) is 6.61. The lowest BCUT2D eigenvalue weighted by Crippen LogP contribution is -2.34. The van der Waals surface area contributed by atoms with Gasteiger partial charge in [-0.1, -0.05) is 42.5 Å². The number of hydrogen-bond donors (Lipinski definition) is 0. The van der Waals surface area contributed by atoms with Crippen LogP contribution in [0.15, 0.2) is 60.8 Å². The highest BCUT2D eigenvalue weighted by Gasteiger charge is 2.47. The van der Waals surface area contributed by atoms with Crippen LogP contribution in [0.1, 0.15) is 22.1 Å². The Morgan fingerprint density at radius 1 is 1.03 bits per heavy atom. The molecule has 0 bridgehead atoms. The number of nitrogens with zero attached hydrogens (tertiary/aromatic N) is 4. The van der Waals surface area contributed by atoms with Crippen molar-refractivity contribution in [3.63, 3.8) is 0 Å². The highest BCUT2D eigenvalue weighted by Crippen LogP contribution is 2.44. The lowest BCUT2D eigenvalue weighted by molar-refractivity contribution is 0.0758. The van der Waals surface area contributed by atoms with Gasteiger partial charge in [-0.25, -0.2) is 9.37 Å². The minimum absolute atomic E-state index is 0.0160. The molecule has 0 saturated carbocycles. The summed E-state index contributed by atoms with van der Waals surface area (Å²) in [5.74, 6) is 1.30. The summed E-state index contributed by atoms with van der Waals surface area (Å²) in [5.41, 5.74) is 2.58. The summed E-state index contributed by atoms with van der Waals surface area (Å²) in [6, 6.07) is 16.9. The Hall–Kier alpha value is -2.99. The maximum absolute atomic E-state index is 13.8. The van der Waals surface area contributed by atoms with E-state index in [9.17, 15) is 9.18 Å². The number of benzene rings is 2. The Labute approximate surface area is 175 Å².